The Kier molecular flexibility index (Phi) is 9.32. The second-order valence-corrected chi connectivity index (χ2v) is 17.5. The lowest BCUT2D eigenvalue weighted by atomic mass is 9.32. The number of hydrogen-bond acceptors (Lipinski definition) is 7. The standard InChI is InChI=1S/C47H55NO7/c1-43-20-17-34(49)27-45(43)23-24-47(36(28-45)42(51)33-12-14-35(53-3)15-13-33)39(43)18-21-44(2)40(47)19-22-46(44,52)30-48(29-31-9-7-6-8-10-31)41(50)26-32-11-16-37(54-4)38(25-32)55-5/h6-16,23-25,28,34,39-40,49,52H,17-22,26-27,29-30H2,1-5H3/t34?,39-,40-,43-,44+,45+,46-,47-/m1/s1. The molecule has 8 atom stereocenters. The maximum atomic E-state index is 14.9. The molecule has 1 unspecified atom stereocenters. The summed E-state index contributed by atoms with van der Waals surface area (Å²) in [6.45, 7) is 5.17. The molecule has 2 N–H and O–H groups in total. The summed E-state index contributed by atoms with van der Waals surface area (Å²) in [5.41, 5.74) is 0.287. The van der Waals surface area contributed by atoms with E-state index in [1.165, 1.54) is 0 Å². The van der Waals surface area contributed by atoms with Gasteiger partial charge in [0, 0.05) is 33.9 Å². The summed E-state index contributed by atoms with van der Waals surface area (Å²) < 4.78 is 16.4. The number of rotatable bonds is 11. The topological polar surface area (TPSA) is 106 Å². The van der Waals surface area contributed by atoms with Crippen LogP contribution < -0.4 is 14.2 Å². The molecule has 2 bridgehead atoms. The zero-order valence-electron chi connectivity index (χ0n) is 32.8. The summed E-state index contributed by atoms with van der Waals surface area (Å²) in [6, 6.07) is 22.9. The minimum Gasteiger partial charge on any atom is -0.497 e. The van der Waals surface area contributed by atoms with Crippen molar-refractivity contribution >= 4 is 11.7 Å². The molecular formula is C47H55NO7. The third kappa shape index (κ3) is 5.68. The Morgan fingerprint density at radius 1 is 0.782 bits per heavy atom. The van der Waals surface area contributed by atoms with Crippen LogP contribution in [0.3, 0.4) is 0 Å². The molecule has 290 valence electrons. The van der Waals surface area contributed by atoms with Crippen molar-refractivity contribution in [3.8, 4) is 17.2 Å². The number of ether oxygens (including phenoxy) is 3. The summed E-state index contributed by atoms with van der Waals surface area (Å²) in [4.78, 5) is 31.2. The minimum absolute atomic E-state index is 0.00832. The van der Waals surface area contributed by atoms with Gasteiger partial charge in [-0.3, -0.25) is 9.59 Å². The number of methoxy groups -OCH3 is 3. The zero-order valence-corrected chi connectivity index (χ0v) is 32.8. The lowest BCUT2D eigenvalue weighted by molar-refractivity contribution is -0.178. The summed E-state index contributed by atoms with van der Waals surface area (Å²) >= 11 is 0. The Morgan fingerprint density at radius 2 is 1.47 bits per heavy atom. The molecule has 3 aromatic rings. The van der Waals surface area contributed by atoms with Crippen molar-refractivity contribution in [2.45, 2.75) is 83.5 Å². The van der Waals surface area contributed by atoms with E-state index in [4.69, 9.17) is 14.2 Å². The molecule has 3 aromatic carbocycles. The smallest absolute Gasteiger partial charge is 0.227 e. The fourth-order valence-corrected chi connectivity index (χ4v) is 12.1. The highest BCUT2D eigenvalue weighted by Crippen LogP contribution is 2.78. The number of hydrogen-bond donors (Lipinski definition) is 2. The number of ketones is 1. The van der Waals surface area contributed by atoms with Gasteiger partial charge in [-0.05, 0) is 110 Å². The van der Waals surface area contributed by atoms with E-state index in [-0.39, 0.29) is 41.9 Å². The Labute approximate surface area is 325 Å². The van der Waals surface area contributed by atoms with Gasteiger partial charge in [-0.2, -0.15) is 0 Å². The predicted molar refractivity (Wildman–Crippen MR) is 211 cm³/mol. The minimum atomic E-state index is -1.20. The first kappa shape index (κ1) is 37.5. The largest absolute Gasteiger partial charge is 0.497 e. The summed E-state index contributed by atoms with van der Waals surface area (Å²) in [5, 5.41) is 24.3. The van der Waals surface area contributed by atoms with Gasteiger partial charge < -0.3 is 29.3 Å². The SMILES string of the molecule is COc1ccc(C(=O)C2=C[C@@]34C=C[C@@]25[C@@H]2CC[C@@](O)(CN(Cc6ccccc6)C(=O)Cc6ccc(OC)c(OC)c6)[C@@]2(C)CC[C@@H]5[C@@]3(C)CCC(O)C4)cc1. The van der Waals surface area contributed by atoms with E-state index in [9.17, 15) is 19.8 Å². The molecule has 8 heteroatoms. The quantitative estimate of drug-likeness (QED) is 0.153. The molecule has 0 aromatic heterocycles. The number of carbonyl (C=O) groups excluding carboxylic acids is 2. The van der Waals surface area contributed by atoms with Crippen molar-refractivity contribution in [2.24, 2.45) is 33.5 Å². The van der Waals surface area contributed by atoms with Gasteiger partial charge in [0.05, 0.1) is 46.0 Å². The highest BCUT2D eigenvalue weighted by molar-refractivity contribution is 6.10. The van der Waals surface area contributed by atoms with Gasteiger partial charge in [-0.25, -0.2) is 0 Å². The number of Topliss-reactive ketones (excluding diaryl/α,β-unsaturated/α-hetero) is 1. The molecule has 55 heavy (non-hydrogen) atoms. The molecule has 3 fully saturated rings. The van der Waals surface area contributed by atoms with Gasteiger partial charge in [0.25, 0.3) is 0 Å². The molecule has 0 saturated heterocycles. The highest BCUT2D eigenvalue weighted by atomic mass is 16.5. The fourth-order valence-electron chi connectivity index (χ4n) is 12.1. The van der Waals surface area contributed by atoms with Gasteiger partial charge in [0.1, 0.15) is 5.75 Å². The van der Waals surface area contributed by atoms with Crippen molar-refractivity contribution < 1.29 is 34.0 Å². The summed E-state index contributed by atoms with van der Waals surface area (Å²) in [5.74, 6) is 1.93. The van der Waals surface area contributed by atoms with E-state index in [2.05, 4.69) is 32.1 Å². The van der Waals surface area contributed by atoms with Crippen molar-refractivity contribution in [1.82, 2.24) is 4.90 Å². The van der Waals surface area contributed by atoms with Crippen molar-refractivity contribution in [3.63, 3.8) is 0 Å². The van der Waals surface area contributed by atoms with E-state index in [1.807, 2.05) is 77.7 Å². The number of aliphatic hydroxyl groups is 2. The van der Waals surface area contributed by atoms with Crippen molar-refractivity contribution in [3.05, 3.63) is 113 Å². The molecular weight excluding hydrogens is 691 g/mol. The Balaban J connectivity index is 1.17. The molecule has 1 amide bonds. The van der Waals surface area contributed by atoms with Gasteiger partial charge >= 0.3 is 0 Å². The van der Waals surface area contributed by atoms with Crippen LogP contribution in [0, 0.1) is 33.5 Å². The van der Waals surface area contributed by atoms with E-state index in [1.54, 1.807) is 21.3 Å². The number of aliphatic hydroxyl groups excluding tert-OH is 1. The van der Waals surface area contributed by atoms with Crippen LogP contribution in [0.1, 0.15) is 80.3 Å². The van der Waals surface area contributed by atoms with E-state index in [0.717, 1.165) is 48.8 Å². The first-order valence-corrected chi connectivity index (χ1v) is 19.9. The average molecular weight is 746 g/mol. The predicted octanol–water partition coefficient (Wildman–Crippen LogP) is 7.76. The van der Waals surface area contributed by atoms with Crippen LogP contribution in [0.2, 0.25) is 0 Å². The molecule has 3 saturated carbocycles. The van der Waals surface area contributed by atoms with Crippen LogP contribution in [0.4, 0.5) is 0 Å². The Morgan fingerprint density at radius 3 is 2.18 bits per heavy atom. The van der Waals surface area contributed by atoms with Crippen LogP contribution in [-0.2, 0) is 17.8 Å². The molecule has 0 radical (unpaired) electrons. The molecule has 6 aliphatic rings. The van der Waals surface area contributed by atoms with E-state index < -0.39 is 27.9 Å². The number of benzene rings is 3. The first-order chi connectivity index (χ1) is 26.3. The molecule has 9 rings (SSSR count). The average Bonchev–Trinajstić information content (AvgIpc) is 3.47. The first-order valence-electron chi connectivity index (χ1n) is 19.9. The molecule has 0 aliphatic heterocycles. The summed E-state index contributed by atoms with van der Waals surface area (Å²) in [6.07, 6.45) is 11.8. The van der Waals surface area contributed by atoms with E-state index >= 15 is 0 Å². The number of fused-ring (bicyclic) bond motifs is 1. The molecule has 6 aliphatic carbocycles. The second-order valence-electron chi connectivity index (χ2n) is 17.5. The van der Waals surface area contributed by atoms with Crippen LogP contribution in [0.25, 0.3) is 0 Å². The van der Waals surface area contributed by atoms with Crippen molar-refractivity contribution in [1.29, 1.82) is 0 Å². The summed E-state index contributed by atoms with van der Waals surface area (Å²) in [7, 11) is 4.80. The van der Waals surface area contributed by atoms with Crippen LogP contribution >= 0.6 is 0 Å². The van der Waals surface area contributed by atoms with Gasteiger partial charge in [-0.15, -0.1) is 0 Å². The second kappa shape index (κ2) is 13.7. The monoisotopic (exact) mass is 745 g/mol. The molecule has 0 heterocycles. The zero-order chi connectivity index (χ0) is 38.8. The normalized spacial score (nSPS) is 34.2. The number of nitrogens with zero attached hydrogens (tertiary/aromatic N) is 1. The maximum Gasteiger partial charge on any atom is 0.227 e. The van der Waals surface area contributed by atoms with Gasteiger partial charge in [0.15, 0.2) is 17.3 Å². The maximum absolute atomic E-state index is 14.9. The van der Waals surface area contributed by atoms with Crippen LogP contribution in [0.5, 0.6) is 17.2 Å². The number of amides is 1. The van der Waals surface area contributed by atoms with Gasteiger partial charge in [-0.1, -0.05) is 68.5 Å². The number of allylic oxidation sites excluding steroid dienone is 4. The lowest BCUT2D eigenvalue weighted by Gasteiger charge is -2.71. The lowest BCUT2D eigenvalue weighted by Crippen LogP contribution is -2.67. The van der Waals surface area contributed by atoms with Crippen molar-refractivity contribution in [2.75, 3.05) is 27.9 Å². The molecule has 2 spiro atoms. The van der Waals surface area contributed by atoms with Gasteiger partial charge in [0.2, 0.25) is 5.91 Å². The Bertz CT molecular complexity index is 2030. The Hall–Kier alpha value is -4.40. The highest BCUT2D eigenvalue weighted by Gasteiger charge is 2.74. The fraction of sp³-hybridized carbons (Fsp3) is 0.489. The third-order valence-corrected chi connectivity index (χ3v) is 15.1. The van der Waals surface area contributed by atoms with Crippen LogP contribution in [-0.4, -0.2) is 66.4 Å². The molecule has 8 nitrogen and oxygen atoms in total. The van der Waals surface area contributed by atoms with E-state index in [0.29, 0.717) is 42.2 Å². The van der Waals surface area contributed by atoms with Crippen LogP contribution in [0.15, 0.2) is 96.6 Å². The number of carbonyl (C=O) groups is 2. The third-order valence-electron chi connectivity index (χ3n) is 15.1.